The van der Waals surface area contributed by atoms with E-state index >= 15 is 0 Å². The molecule has 0 aliphatic heterocycles. The van der Waals surface area contributed by atoms with E-state index in [1.807, 2.05) is 60.7 Å². The number of rotatable bonds is 13. The number of hydrogen-bond donors (Lipinski definition) is 3. The van der Waals surface area contributed by atoms with Crippen molar-refractivity contribution in [1.29, 1.82) is 0 Å². The molecule has 4 N–H and O–H groups in total. The number of hydrazine groups is 1. The van der Waals surface area contributed by atoms with Gasteiger partial charge in [0.25, 0.3) is 5.91 Å². The SMILES string of the molecule is CN(C)NC(=O)C(CCc1ccccc1)N(C)C(=O)C(COCc1ccccc1)NC(=O)C(C)(C)N. The van der Waals surface area contributed by atoms with Gasteiger partial charge in [0, 0.05) is 21.1 Å². The van der Waals surface area contributed by atoms with Crippen molar-refractivity contribution in [2.45, 2.75) is 50.9 Å². The molecule has 0 heterocycles. The van der Waals surface area contributed by atoms with Crippen LogP contribution in [-0.4, -0.2) is 73.0 Å². The van der Waals surface area contributed by atoms with Gasteiger partial charge in [-0.2, -0.15) is 0 Å². The Morgan fingerprint density at radius 3 is 2.03 bits per heavy atom. The minimum Gasteiger partial charge on any atom is -0.374 e. The summed E-state index contributed by atoms with van der Waals surface area (Å²) in [6.07, 6.45) is 1.00. The highest BCUT2D eigenvalue weighted by Crippen LogP contribution is 2.12. The van der Waals surface area contributed by atoms with Crippen LogP contribution in [0.1, 0.15) is 31.4 Å². The minimum atomic E-state index is -1.19. The molecule has 0 saturated heterocycles. The number of likely N-dealkylation sites (N-methyl/N-ethyl adjacent to an activating group) is 1. The molecule has 9 heteroatoms. The Balaban J connectivity index is 2.20. The van der Waals surface area contributed by atoms with E-state index in [4.69, 9.17) is 10.5 Å². The number of aryl methyl sites for hydroxylation is 1. The second kappa shape index (κ2) is 13.7. The molecule has 0 spiro atoms. The summed E-state index contributed by atoms with van der Waals surface area (Å²) in [5.41, 5.74) is 9.50. The van der Waals surface area contributed by atoms with Gasteiger partial charge in [-0.1, -0.05) is 60.7 Å². The van der Waals surface area contributed by atoms with Gasteiger partial charge in [-0.3, -0.25) is 19.8 Å². The number of carbonyl (C=O) groups excluding carboxylic acids is 3. The zero-order valence-corrected chi connectivity index (χ0v) is 21.9. The normalized spacial score (nSPS) is 13.1. The van der Waals surface area contributed by atoms with Crippen molar-refractivity contribution < 1.29 is 19.1 Å². The maximum absolute atomic E-state index is 13.6. The highest BCUT2D eigenvalue weighted by molar-refractivity contribution is 5.94. The van der Waals surface area contributed by atoms with E-state index in [2.05, 4.69) is 10.7 Å². The largest absolute Gasteiger partial charge is 0.374 e. The lowest BCUT2D eigenvalue weighted by molar-refractivity contribution is -0.145. The Hall–Kier alpha value is -3.27. The lowest BCUT2D eigenvalue weighted by Crippen LogP contribution is -2.60. The van der Waals surface area contributed by atoms with Gasteiger partial charge in [-0.25, -0.2) is 5.01 Å². The summed E-state index contributed by atoms with van der Waals surface area (Å²) in [6.45, 7) is 3.33. The Bertz CT molecular complexity index is 977. The molecular weight excluding hydrogens is 458 g/mol. The molecule has 0 aliphatic carbocycles. The first-order valence-electron chi connectivity index (χ1n) is 12.0. The van der Waals surface area contributed by atoms with Crippen LogP contribution < -0.4 is 16.5 Å². The highest BCUT2D eigenvalue weighted by Gasteiger charge is 2.34. The molecule has 0 aromatic heterocycles. The van der Waals surface area contributed by atoms with Gasteiger partial charge in [0.1, 0.15) is 12.1 Å². The van der Waals surface area contributed by atoms with Crippen LogP contribution in [0.25, 0.3) is 0 Å². The molecule has 3 amide bonds. The second-order valence-electron chi connectivity index (χ2n) is 9.61. The molecule has 36 heavy (non-hydrogen) atoms. The standard InChI is InChI=1S/C27H39N5O4/c1-27(2,28)26(35)29-22(19-36-18-21-14-10-7-11-15-21)25(34)32(5)23(24(33)30-31(3)4)17-16-20-12-8-6-9-13-20/h6-15,22-23H,16-19,28H2,1-5H3,(H,29,35)(H,30,33). The Morgan fingerprint density at radius 1 is 0.944 bits per heavy atom. The first kappa shape index (κ1) is 29.0. The van der Waals surface area contributed by atoms with Crippen LogP contribution in [0.3, 0.4) is 0 Å². The van der Waals surface area contributed by atoms with Crippen LogP contribution in [0, 0.1) is 0 Å². The molecule has 2 rings (SSSR count). The Morgan fingerprint density at radius 2 is 1.50 bits per heavy atom. The molecule has 196 valence electrons. The van der Waals surface area contributed by atoms with E-state index in [9.17, 15) is 14.4 Å². The van der Waals surface area contributed by atoms with Crippen molar-refractivity contribution in [3.63, 3.8) is 0 Å². The van der Waals surface area contributed by atoms with Gasteiger partial charge in [0.2, 0.25) is 11.8 Å². The monoisotopic (exact) mass is 497 g/mol. The topological polar surface area (TPSA) is 117 Å². The third-order valence-electron chi connectivity index (χ3n) is 5.59. The molecule has 2 atom stereocenters. The molecule has 0 aliphatic rings. The van der Waals surface area contributed by atoms with Crippen LogP contribution in [0.4, 0.5) is 0 Å². The molecule has 2 unspecified atom stereocenters. The minimum absolute atomic E-state index is 0.0689. The van der Waals surface area contributed by atoms with E-state index in [1.54, 1.807) is 35.0 Å². The summed E-state index contributed by atoms with van der Waals surface area (Å²) in [5.74, 6) is -1.25. The molecule has 9 nitrogen and oxygen atoms in total. The van der Waals surface area contributed by atoms with Crippen LogP contribution in [0.5, 0.6) is 0 Å². The zero-order valence-electron chi connectivity index (χ0n) is 21.9. The second-order valence-corrected chi connectivity index (χ2v) is 9.61. The lowest BCUT2D eigenvalue weighted by atomic mass is 10.0. The number of hydrogen-bond acceptors (Lipinski definition) is 6. The predicted molar refractivity (Wildman–Crippen MR) is 139 cm³/mol. The van der Waals surface area contributed by atoms with Gasteiger partial charge in [-0.15, -0.1) is 0 Å². The fourth-order valence-electron chi connectivity index (χ4n) is 3.53. The summed E-state index contributed by atoms with van der Waals surface area (Å²) in [4.78, 5) is 40.7. The van der Waals surface area contributed by atoms with Gasteiger partial charge in [0.15, 0.2) is 0 Å². The number of nitrogens with zero attached hydrogens (tertiary/aromatic N) is 2. The number of ether oxygens (including phenoxy) is 1. The maximum Gasteiger partial charge on any atom is 0.257 e. The van der Waals surface area contributed by atoms with Gasteiger partial charge >= 0.3 is 0 Å². The zero-order chi connectivity index (χ0) is 26.7. The fraction of sp³-hybridized carbons (Fsp3) is 0.444. The number of benzene rings is 2. The molecule has 2 aromatic rings. The van der Waals surface area contributed by atoms with Crippen molar-refractivity contribution in [3.05, 3.63) is 71.8 Å². The van der Waals surface area contributed by atoms with Gasteiger partial charge in [-0.05, 0) is 37.8 Å². The maximum atomic E-state index is 13.6. The average molecular weight is 498 g/mol. The summed E-state index contributed by atoms with van der Waals surface area (Å²) in [5, 5.41) is 4.25. The molecule has 0 saturated carbocycles. The quantitative estimate of drug-likeness (QED) is 0.361. The summed E-state index contributed by atoms with van der Waals surface area (Å²) in [7, 11) is 4.98. The third-order valence-corrected chi connectivity index (χ3v) is 5.59. The van der Waals surface area contributed by atoms with Crippen LogP contribution in [-0.2, 0) is 32.1 Å². The van der Waals surface area contributed by atoms with E-state index in [1.165, 1.54) is 9.91 Å². The lowest BCUT2D eigenvalue weighted by Gasteiger charge is -2.32. The van der Waals surface area contributed by atoms with Crippen molar-refractivity contribution in [1.82, 2.24) is 20.7 Å². The van der Waals surface area contributed by atoms with Crippen molar-refractivity contribution in [3.8, 4) is 0 Å². The number of nitrogens with one attached hydrogen (secondary N) is 2. The molecular formula is C27H39N5O4. The van der Waals surface area contributed by atoms with Crippen LogP contribution >= 0.6 is 0 Å². The van der Waals surface area contributed by atoms with Crippen molar-refractivity contribution >= 4 is 17.7 Å². The molecule has 0 bridgehead atoms. The smallest absolute Gasteiger partial charge is 0.257 e. The van der Waals surface area contributed by atoms with E-state index in [-0.39, 0.29) is 19.1 Å². The van der Waals surface area contributed by atoms with Crippen LogP contribution in [0.15, 0.2) is 60.7 Å². The van der Waals surface area contributed by atoms with Crippen molar-refractivity contribution in [2.24, 2.45) is 5.73 Å². The van der Waals surface area contributed by atoms with Gasteiger partial charge in [0.05, 0.1) is 18.8 Å². The van der Waals surface area contributed by atoms with Crippen LogP contribution in [0.2, 0.25) is 0 Å². The Kier molecular flexibility index (Phi) is 11.0. The van der Waals surface area contributed by atoms with E-state index in [0.717, 1.165) is 11.1 Å². The first-order valence-corrected chi connectivity index (χ1v) is 12.0. The number of carbonyl (C=O) groups is 3. The van der Waals surface area contributed by atoms with Crippen molar-refractivity contribution in [2.75, 3.05) is 27.7 Å². The average Bonchev–Trinajstić information content (AvgIpc) is 2.83. The highest BCUT2D eigenvalue weighted by atomic mass is 16.5. The number of amides is 3. The predicted octanol–water partition coefficient (Wildman–Crippen LogP) is 1.48. The molecule has 0 radical (unpaired) electrons. The summed E-state index contributed by atoms with van der Waals surface area (Å²) >= 11 is 0. The summed E-state index contributed by atoms with van der Waals surface area (Å²) in [6, 6.07) is 17.5. The van der Waals surface area contributed by atoms with E-state index in [0.29, 0.717) is 12.8 Å². The first-order chi connectivity index (χ1) is 17.0. The summed E-state index contributed by atoms with van der Waals surface area (Å²) < 4.78 is 5.79. The van der Waals surface area contributed by atoms with Gasteiger partial charge < -0.3 is 20.7 Å². The molecule has 0 fully saturated rings. The third kappa shape index (κ3) is 9.41. The van der Waals surface area contributed by atoms with E-state index < -0.39 is 29.4 Å². The Labute approximate surface area is 213 Å². The molecule has 2 aromatic carbocycles. The fourth-order valence-corrected chi connectivity index (χ4v) is 3.53. The number of nitrogens with two attached hydrogens (primary N) is 1.